The molecule has 1 aromatic heterocycles. The monoisotopic (exact) mass is 391 g/mol. The number of benzene rings is 2. The summed E-state index contributed by atoms with van der Waals surface area (Å²) in [7, 11) is 1.64. The van der Waals surface area contributed by atoms with Crippen molar-refractivity contribution in [2.45, 2.75) is 13.8 Å². The van der Waals surface area contributed by atoms with Crippen LogP contribution in [0.5, 0.6) is 5.75 Å². The molecule has 5 nitrogen and oxygen atoms in total. The molecule has 4 rings (SSSR count). The molecule has 0 unspecified atom stereocenters. The quantitative estimate of drug-likeness (QED) is 0.641. The van der Waals surface area contributed by atoms with Crippen molar-refractivity contribution in [3.8, 4) is 17.0 Å². The minimum absolute atomic E-state index is 0.182. The van der Waals surface area contributed by atoms with E-state index in [0.29, 0.717) is 10.6 Å². The second-order valence-electron chi connectivity index (χ2n) is 6.74. The van der Waals surface area contributed by atoms with Gasteiger partial charge in [0.25, 0.3) is 0 Å². The summed E-state index contributed by atoms with van der Waals surface area (Å²) >= 11 is 1.44. The van der Waals surface area contributed by atoms with E-state index in [2.05, 4.69) is 18.0 Å². The van der Waals surface area contributed by atoms with Gasteiger partial charge in [0.15, 0.2) is 0 Å². The van der Waals surface area contributed by atoms with E-state index in [-0.39, 0.29) is 18.1 Å². The molecule has 0 amide bonds. The molecule has 6 heteroatoms. The van der Waals surface area contributed by atoms with E-state index in [1.807, 2.05) is 53.6 Å². The van der Waals surface area contributed by atoms with Crippen molar-refractivity contribution < 1.29 is 9.84 Å². The Kier molecular flexibility index (Phi) is 4.65. The standard InChI is InChI=1S/C22H21N3O2S/c1-13-5-4-6-18(14(13)2)25-11-19(26)20(21(25)23)22-24-17(12-28-22)15-7-9-16(27-3)10-8-15/h4-10,12,23,26H,11H2,1-3H3. The number of ether oxygens (including phenoxy) is 1. The van der Waals surface area contributed by atoms with Gasteiger partial charge in [0.2, 0.25) is 0 Å². The Balaban J connectivity index is 1.64. The summed E-state index contributed by atoms with van der Waals surface area (Å²) in [5.41, 5.74) is 5.51. The van der Waals surface area contributed by atoms with Crippen LogP contribution in [0.3, 0.4) is 0 Å². The fraction of sp³-hybridized carbons (Fsp3) is 0.182. The van der Waals surface area contributed by atoms with Gasteiger partial charge in [-0.3, -0.25) is 5.41 Å². The zero-order valence-corrected chi connectivity index (χ0v) is 16.8. The zero-order valence-electron chi connectivity index (χ0n) is 16.0. The predicted octanol–water partition coefficient (Wildman–Crippen LogP) is 5.20. The molecule has 1 aliphatic heterocycles. The van der Waals surface area contributed by atoms with Crippen molar-refractivity contribution in [2.75, 3.05) is 18.6 Å². The zero-order chi connectivity index (χ0) is 19.8. The third-order valence-corrected chi connectivity index (χ3v) is 5.93. The number of amidine groups is 1. The summed E-state index contributed by atoms with van der Waals surface area (Å²) in [5, 5.41) is 21.9. The summed E-state index contributed by atoms with van der Waals surface area (Å²) in [6.07, 6.45) is 0. The van der Waals surface area contributed by atoms with Crippen LogP contribution in [-0.4, -0.2) is 29.6 Å². The van der Waals surface area contributed by atoms with Gasteiger partial charge in [0.05, 0.1) is 24.9 Å². The van der Waals surface area contributed by atoms with Crippen molar-refractivity contribution in [3.63, 3.8) is 0 Å². The van der Waals surface area contributed by atoms with Gasteiger partial charge in [0, 0.05) is 16.6 Å². The molecule has 3 aromatic rings. The SMILES string of the molecule is COc1ccc(-c2csc(C3=C(O)CN(c4cccc(C)c4C)C3=N)n2)cc1. The van der Waals surface area contributed by atoms with Crippen molar-refractivity contribution in [2.24, 2.45) is 0 Å². The molecule has 0 bridgehead atoms. The molecule has 2 heterocycles. The maximum atomic E-state index is 10.6. The molecule has 0 atom stereocenters. The van der Waals surface area contributed by atoms with Crippen LogP contribution in [0, 0.1) is 19.3 Å². The van der Waals surface area contributed by atoms with Crippen LogP contribution in [0.4, 0.5) is 5.69 Å². The fourth-order valence-corrected chi connectivity index (χ4v) is 4.22. The number of hydrogen-bond donors (Lipinski definition) is 2. The van der Waals surface area contributed by atoms with E-state index in [1.165, 1.54) is 11.3 Å². The first kappa shape index (κ1) is 18.3. The van der Waals surface area contributed by atoms with E-state index in [0.717, 1.165) is 33.8 Å². The Morgan fingerprint density at radius 3 is 2.61 bits per heavy atom. The number of aliphatic hydroxyl groups is 1. The normalized spacial score (nSPS) is 14.1. The van der Waals surface area contributed by atoms with Gasteiger partial charge in [-0.2, -0.15) is 0 Å². The van der Waals surface area contributed by atoms with Gasteiger partial charge < -0.3 is 14.7 Å². The summed E-state index contributed by atoms with van der Waals surface area (Å²) in [5.74, 6) is 1.25. The van der Waals surface area contributed by atoms with Crippen molar-refractivity contribution in [1.82, 2.24) is 4.98 Å². The average molecular weight is 391 g/mol. The molecular weight excluding hydrogens is 370 g/mol. The molecule has 0 fully saturated rings. The number of thiazole rings is 1. The van der Waals surface area contributed by atoms with Gasteiger partial charge in [-0.05, 0) is 55.3 Å². The summed E-state index contributed by atoms with van der Waals surface area (Å²) < 4.78 is 5.20. The minimum Gasteiger partial charge on any atom is -0.510 e. The second kappa shape index (κ2) is 7.13. The maximum Gasteiger partial charge on any atom is 0.139 e. The highest BCUT2D eigenvalue weighted by Crippen LogP contribution is 2.36. The van der Waals surface area contributed by atoms with E-state index in [4.69, 9.17) is 10.1 Å². The van der Waals surface area contributed by atoms with Crippen LogP contribution >= 0.6 is 11.3 Å². The van der Waals surface area contributed by atoms with Gasteiger partial charge >= 0.3 is 0 Å². The van der Waals surface area contributed by atoms with Crippen LogP contribution in [-0.2, 0) is 0 Å². The molecular formula is C22H21N3O2S. The molecule has 0 saturated heterocycles. The highest BCUT2D eigenvalue weighted by Gasteiger charge is 2.32. The van der Waals surface area contributed by atoms with E-state index in [9.17, 15) is 5.11 Å². The summed E-state index contributed by atoms with van der Waals surface area (Å²) in [4.78, 5) is 6.51. The number of rotatable bonds is 4. The number of aliphatic hydroxyl groups excluding tert-OH is 1. The third-order valence-electron chi connectivity index (χ3n) is 5.07. The Hall–Kier alpha value is -3.12. The lowest BCUT2D eigenvalue weighted by atomic mass is 10.1. The third kappa shape index (κ3) is 3.05. The van der Waals surface area contributed by atoms with E-state index in [1.54, 1.807) is 7.11 Å². The molecule has 2 N–H and O–H groups in total. The summed E-state index contributed by atoms with van der Waals surface area (Å²) in [6, 6.07) is 13.7. The van der Waals surface area contributed by atoms with Crippen molar-refractivity contribution in [3.05, 3.63) is 69.7 Å². The van der Waals surface area contributed by atoms with Crippen LogP contribution in [0.15, 0.2) is 53.6 Å². The highest BCUT2D eigenvalue weighted by molar-refractivity contribution is 7.11. The Morgan fingerprint density at radius 1 is 1.14 bits per heavy atom. The number of aryl methyl sites for hydroxylation is 1. The number of nitrogens with zero attached hydrogens (tertiary/aromatic N) is 2. The van der Waals surface area contributed by atoms with Gasteiger partial charge in [-0.1, -0.05) is 12.1 Å². The molecule has 0 aliphatic carbocycles. The van der Waals surface area contributed by atoms with E-state index >= 15 is 0 Å². The molecule has 2 aromatic carbocycles. The van der Waals surface area contributed by atoms with Gasteiger partial charge in [0.1, 0.15) is 22.4 Å². The molecule has 0 saturated carbocycles. The van der Waals surface area contributed by atoms with Crippen molar-refractivity contribution in [1.29, 1.82) is 5.41 Å². The largest absolute Gasteiger partial charge is 0.510 e. The lowest BCUT2D eigenvalue weighted by Crippen LogP contribution is -2.27. The minimum atomic E-state index is 0.182. The lowest BCUT2D eigenvalue weighted by molar-refractivity contribution is 0.411. The first-order chi connectivity index (χ1) is 13.5. The van der Waals surface area contributed by atoms with Crippen LogP contribution in [0.2, 0.25) is 0 Å². The number of methoxy groups -OCH3 is 1. The van der Waals surface area contributed by atoms with Crippen LogP contribution < -0.4 is 9.64 Å². The first-order valence-electron chi connectivity index (χ1n) is 8.94. The molecule has 1 aliphatic rings. The molecule has 0 radical (unpaired) electrons. The fourth-order valence-electron chi connectivity index (χ4n) is 3.32. The number of hydrogen-bond acceptors (Lipinski definition) is 5. The smallest absolute Gasteiger partial charge is 0.139 e. The Morgan fingerprint density at radius 2 is 1.89 bits per heavy atom. The van der Waals surface area contributed by atoms with Crippen LogP contribution in [0.25, 0.3) is 16.8 Å². The Bertz CT molecular complexity index is 1080. The molecule has 142 valence electrons. The van der Waals surface area contributed by atoms with Gasteiger partial charge in [-0.15, -0.1) is 11.3 Å². The maximum absolute atomic E-state index is 10.6. The molecule has 28 heavy (non-hydrogen) atoms. The Labute approximate surface area is 168 Å². The number of anilines is 1. The summed E-state index contributed by atoms with van der Waals surface area (Å²) in [6.45, 7) is 4.38. The lowest BCUT2D eigenvalue weighted by Gasteiger charge is -2.21. The number of aromatic nitrogens is 1. The van der Waals surface area contributed by atoms with Crippen LogP contribution in [0.1, 0.15) is 16.1 Å². The second-order valence-corrected chi connectivity index (χ2v) is 7.60. The van der Waals surface area contributed by atoms with E-state index < -0.39 is 0 Å². The van der Waals surface area contributed by atoms with Crippen molar-refractivity contribution >= 4 is 28.4 Å². The first-order valence-corrected chi connectivity index (χ1v) is 9.82. The number of nitrogens with one attached hydrogen (secondary N) is 1. The predicted molar refractivity (Wildman–Crippen MR) is 115 cm³/mol. The average Bonchev–Trinajstić information content (AvgIpc) is 3.28. The van der Waals surface area contributed by atoms with Gasteiger partial charge in [-0.25, -0.2) is 4.98 Å². The topological polar surface area (TPSA) is 69.4 Å². The highest BCUT2D eigenvalue weighted by atomic mass is 32.1. The molecule has 0 spiro atoms.